The summed E-state index contributed by atoms with van der Waals surface area (Å²) in [6.07, 6.45) is 9.12. The van der Waals surface area contributed by atoms with E-state index in [1.807, 2.05) is 60.5 Å². The molecule has 1 aromatic carbocycles. The van der Waals surface area contributed by atoms with Gasteiger partial charge in [-0.1, -0.05) is 30.3 Å². The Morgan fingerprint density at radius 3 is 2.32 bits per heavy atom. The maximum Gasteiger partial charge on any atom is 0.405 e. The Balaban J connectivity index is 1.32. The van der Waals surface area contributed by atoms with Crippen LogP contribution in [0, 0.1) is 5.92 Å². The summed E-state index contributed by atoms with van der Waals surface area (Å²) in [5.74, 6) is 0.772. The van der Waals surface area contributed by atoms with Gasteiger partial charge in [-0.05, 0) is 80.2 Å². The van der Waals surface area contributed by atoms with Gasteiger partial charge in [0.05, 0.1) is 11.2 Å². The van der Waals surface area contributed by atoms with Gasteiger partial charge >= 0.3 is 6.09 Å². The first-order valence-corrected chi connectivity index (χ1v) is 14.3. The number of carbonyl (C=O) groups excluding carboxylic acids is 2. The van der Waals surface area contributed by atoms with Crippen molar-refractivity contribution in [3.8, 4) is 22.4 Å². The molecule has 0 aliphatic heterocycles. The van der Waals surface area contributed by atoms with Crippen LogP contribution in [0.4, 0.5) is 10.6 Å². The number of nitrogens with one attached hydrogen (secondary N) is 2. The van der Waals surface area contributed by atoms with E-state index in [-0.39, 0.29) is 23.8 Å². The molecule has 0 atom stereocenters. The quantitative estimate of drug-likeness (QED) is 0.322. The number of benzene rings is 1. The average Bonchev–Trinajstić information content (AvgIpc) is 2.95. The molecule has 3 aromatic rings. The Kier molecular flexibility index (Phi) is 8.33. The van der Waals surface area contributed by atoms with Gasteiger partial charge in [0, 0.05) is 50.0 Å². The predicted octanol–water partition coefficient (Wildman–Crippen LogP) is 5.82. The number of hydrogen-bond donors (Lipinski definition) is 3. The number of aromatic nitrogens is 2. The SMILES string of the molecule is CC(=O)N(C)[C@H]1CC[C@H](CC(=O)Nc2cc(-c3ccccn3)c(-c3ccc(C4(NC(=O)O)CCC4)cc3)cn2)CC1. The number of anilines is 1. The summed E-state index contributed by atoms with van der Waals surface area (Å²) in [7, 11) is 1.85. The maximum atomic E-state index is 13.0. The van der Waals surface area contributed by atoms with E-state index in [1.54, 1.807) is 19.3 Å². The number of hydrogen-bond acceptors (Lipinski definition) is 5. The number of carbonyl (C=O) groups is 3. The minimum absolute atomic E-state index is 0.0679. The number of amides is 3. The van der Waals surface area contributed by atoms with Crippen LogP contribution in [0.15, 0.2) is 60.9 Å². The van der Waals surface area contributed by atoms with E-state index in [0.717, 1.165) is 72.9 Å². The van der Waals surface area contributed by atoms with E-state index in [2.05, 4.69) is 20.6 Å². The van der Waals surface area contributed by atoms with Crippen molar-refractivity contribution < 1.29 is 19.5 Å². The summed E-state index contributed by atoms with van der Waals surface area (Å²) in [5.41, 5.74) is 3.84. The second-order valence-corrected chi connectivity index (χ2v) is 11.3. The Morgan fingerprint density at radius 2 is 1.73 bits per heavy atom. The molecule has 2 saturated carbocycles. The van der Waals surface area contributed by atoms with E-state index in [0.29, 0.717) is 12.2 Å². The predicted molar refractivity (Wildman–Crippen MR) is 157 cm³/mol. The van der Waals surface area contributed by atoms with Crippen LogP contribution < -0.4 is 10.6 Å². The van der Waals surface area contributed by atoms with Crippen molar-refractivity contribution in [1.29, 1.82) is 0 Å². The molecule has 41 heavy (non-hydrogen) atoms. The van der Waals surface area contributed by atoms with E-state index in [4.69, 9.17) is 0 Å². The fourth-order valence-electron chi connectivity index (χ4n) is 6.13. The Morgan fingerprint density at radius 1 is 1.00 bits per heavy atom. The second kappa shape index (κ2) is 12.1. The highest BCUT2D eigenvalue weighted by Gasteiger charge is 2.40. The van der Waals surface area contributed by atoms with Gasteiger partial charge in [-0.3, -0.25) is 14.6 Å². The molecule has 3 amide bonds. The second-order valence-electron chi connectivity index (χ2n) is 11.3. The number of rotatable bonds is 8. The molecule has 2 aliphatic rings. The molecule has 0 unspecified atom stereocenters. The highest BCUT2D eigenvalue weighted by Crippen LogP contribution is 2.42. The monoisotopic (exact) mass is 555 g/mol. The standard InChI is InChI=1S/C32H37N5O4/c1-21(38)37(2)25-13-7-22(8-14-25)18-30(39)35-29-19-26(28-6-3-4-17-33-28)27(20-34-29)23-9-11-24(12-10-23)32(15-5-16-32)36-31(40)41/h3-4,6,9-12,17,19-20,22,25,36H,5,7-8,13-16,18H2,1-2H3,(H,40,41)(H,34,35,39)/t22-,25-. The zero-order valence-electron chi connectivity index (χ0n) is 23.6. The molecule has 0 bridgehead atoms. The van der Waals surface area contributed by atoms with E-state index >= 15 is 0 Å². The molecule has 2 aliphatic carbocycles. The van der Waals surface area contributed by atoms with Gasteiger partial charge in [-0.25, -0.2) is 9.78 Å². The average molecular weight is 556 g/mol. The van der Waals surface area contributed by atoms with Gasteiger partial charge in [-0.15, -0.1) is 0 Å². The van der Waals surface area contributed by atoms with E-state index < -0.39 is 11.6 Å². The van der Waals surface area contributed by atoms with Crippen molar-refractivity contribution >= 4 is 23.7 Å². The van der Waals surface area contributed by atoms with Crippen LogP contribution in [-0.4, -0.2) is 51.0 Å². The molecule has 0 saturated heterocycles. The van der Waals surface area contributed by atoms with Crippen LogP contribution in [0.5, 0.6) is 0 Å². The highest BCUT2D eigenvalue weighted by atomic mass is 16.4. The Bertz CT molecular complexity index is 1400. The Labute approximate surface area is 240 Å². The lowest BCUT2D eigenvalue weighted by Gasteiger charge is -2.42. The number of carboxylic acid groups (broad SMARTS) is 1. The first-order chi connectivity index (χ1) is 19.7. The van der Waals surface area contributed by atoms with E-state index in [1.165, 1.54) is 0 Å². The number of nitrogens with zero attached hydrogens (tertiary/aromatic N) is 3. The highest BCUT2D eigenvalue weighted by molar-refractivity contribution is 5.92. The van der Waals surface area contributed by atoms with E-state index in [9.17, 15) is 19.5 Å². The van der Waals surface area contributed by atoms with Crippen molar-refractivity contribution in [2.75, 3.05) is 12.4 Å². The van der Waals surface area contributed by atoms with Gasteiger partial charge in [0.15, 0.2) is 0 Å². The van der Waals surface area contributed by atoms with Crippen LogP contribution in [0.25, 0.3) is 22.4 Å². The van der Waals surface area contributed by atoms with Gasteiger partial charge in [0.25, 0.3) is 0 Å². The molecule has 0 radical (unpaired) electrons. The molecule has 9 heteroatoms. The van der Waals surface area contributed by atoms with Crippen molar-refractivity contribution in [3.63, 3.8) is 0 Å². The topological polar surface area (TPSA) is 125 Å². The first kappa shape index (κ1) is 28.3. The van der Waals surface area contributed by atoms with Crippen molar-refractivity contribution in [1.82, 2.24) is 20.2 Å². The zero-order valence-corrected chi connectivity index (χ0v) is 23.6. The molecule has 5 rings (SSSR count). The molecule has 2 heterocycles. The zero-order chi connectivity index (χ0) is 29.0. The minimum atomic E-state index is -1.01. The molecule has 2 fully saturated rings. The van der Waals surface area contributed by atoms with Crippen LogP contribution in [0.3, 0.4) is 0 Å². The third-order valence-electron chi connectivity index (χ3n) is 8.75. The fraction of sp³-hybridized carbons (Fsp3) is 0.406. The maximum absolute atomic E-state index is 13.0. The van der Waals surface area contributed by atoms with Crippen molar-refractivity contribution in [3.05, 3.63) is 66.5 Å². The molecule has 3 N–H and O–H groups in total. The lowest BCUT2D eigenvalue weighted by Crippen LogP contribution is -2.50. The summed E-state index contributed by atoms with van der Waals surface area (Å²) in [6.45, 7) is 1.59. The third kappa shape index (κ3) is 6.39. The van der Waals surface area contributed by atoms with Gasteiger partial charge in [-0.2, -0.15) is 0 Å². The molecule has 9 nitrogen and oxygen atoms in total. The summed E-state index contributed by atoms with van der Waals surface area (Å²) in [6, 6.07) is 15.8. The minimum Gasteiger partial charge on any atom is -0.465 e. The van der Waals surface area contributed by atoms with Crippen molar-refractivity contribution in [2.45, 2.75) is 69.9 Å². The van der Waals surface area contributed by atoms with Gasteiger partial charge in [0.2, 0.25) is 11.8 Å². The summed E-state index contributed by atoms with van der Waals surface area (Å²) < 4.78 is 0. The van der Waals surface area contributed by atoms with Gasteiger partial charge < -0.3 is 20.6 Å². The molecular weight excluding hydrogens is 518 g/mol. The van der Waals surface area contributed by atoms with Gasteiger partial charge in [0.1, 0.15) is 5.82 Å². The summed E-state index contributed by atoms with van der Waals surface area (Å²) in [4.78, 5) is 47.0. The molecule has 2 aromatic heterocycles. The van der Waals surface area contributed by atoms with Crippen molar-refractivity contribution in [2.24, 2.45) is 5.92 Å². The normalized spacial score (nSPS) is 19.5. The van der Waals surface area contributed by atoms with Crippen LogP contribution in [-0.2, 0) is 15.1 Å². The summed E-state index contributed by atoms with van der Waals surface area (Å²) >= 11 is 0. The summed E-state index contributed by atoms with van der Waals surface area (Å²) in [5, 5.41) is 15.0. The van der Waals surface area contributed by atoms with Crippen LogP contribution in [0.1, 0.15) is 63.9 Å². The first-order valence-electron chi connectivity index (χ1n) is 14.3. The molecule has 0 spiro atoms. The lowest BCUT2D eigenvalue weighted by molar-refractivity contribution is -0.130. The van der Waals surface area contributed by atoms with Crippen LogP contribution >= 0.6 is 0 Å². The number of pyridine rings is 2. The molecular formula is C32H37N5O4. The van der Waals surface area contributed by atoms with Crippen LogP contribution in [0.2, 0.25) is 0 Å². The fourth-order valence-corrected chi connectivity index (χ4v) is 6.13. The molecule has 214 valence electrons. The largest absolute Gasteiger partial charge is 0.465 e. The smallest absolute Gasteiger partial charge is 0.405 e. The Hall–Kier alpha value is -4.27. The lowest BCUT2D eigenvalue weighted by atomic mass is 9.71. The third-order valence-corrected chi connectivity index (χ3v) is 8.75.